The molecule has 138 valence electrons. The van der Waals surface area contributed by atoms with Crippen molar-refractivity contribution in [3.63, 3.8) is 0 Å². The number of hydrogen-bond donors (Lipinski definition) is 2. The number of aromatic hydroxyl groups is 1. The first-order chi connectivity index (χ1) is 13.6. The Morgan fingerprint density at radius 3 is 2.43 bits per heavy atom. The van der Waals surface area contributed by atoms with Gasteiger partial charge in [-0.3, -0.25) is 20.1 Å². The third-order valence-electron chi connectivity index (χ3n) is 4.46. The van der Waals surface area contributed by atoms with Crippen LogP contribution in [-0.2, 0) is 0 Å². The second-order valence-electron chi connectivity index (χ2n) is 6.21. The maximum absolute atomic E-state index is 10.9. The first kappa shape index (κ1) is 17.4. The van der Waals surface area contributed by atoms with E-state index in [1.807, 2.05) is 42.5 Å². The molecular formula is C21H16N4O3. The van der Waals surface area contributed by atoms with Gasteiger partial charge in [0.1, 0.15) is 11.3 Å². The number of benzene rings is 2. The lowest BCUT2D eigenvalue weighted by molar-refractivity contribution is -0.384. The van der Waals surface area contributed by atoms with Crippen molar-refractivity contribution in [2.75, 3.05) is 5.32 Å². The molecule has 4 aromatic rings. The van der Waals surface area contributed by atoms with Crippen LogP contribution in [0.25, 0.3) is 10.9 Å². The predicted molar refractivity (Wildman–Crippen MR) is 106 cm³/mol. The van der Waals surface area contributed by atoms with Crippen molar-refractivity contribution >= 4 is 22.3 Å². The van der Waals surface area contributed by atoms with Gasteiger partial charge in [0.25, 0.3) is 5.69 Å². The average Bonchev–Trinajstić information content (AvgIpc) is 2.74. The monoisotopic (exact) mass is 372 g/mol. The Balaban J connectivity index is 1.78. The number of fused-ring (bicyclic) bond motifs is 1. The molecule has 0 aliphatic heterocycles. The van der Waals surface area contributed by atoms with E-state index in [1.165, 1.54) is 12.1 Å². The summed E-state index contributed by atoms with van der Waals surface area (Å²) >= 11 is 0. The van der Waals surface area contributed by atoms with Crippen LogP contribution in [0.1, 0.15) is 17.3 Å². The van der Waals surface area contributed by atoms with Crippen molar-refractivity contribution in [2.45, 2.75) is 6.04 Å². The minimum atomic E-state index is -0.464. The average molecular weight is 372 g/mol. The van der Waals surface area contributed by atoms with E-state index in [0.29, 0.717) is 22.5 Å². The van der Waals surface area contributed by atoms with E-state index in [1.54, 1.807) is 24.5 Å². The van der Waals surface area contributed by atoms with Crippen LogP contribution in [0.15, 0.2) is 79.1 Å². The Labute approximate surface area is 160 Å². The second kappa shape index (κ2) is 7.32. The molecule has 0 saturated carbocycles. The van der Waals surface area contributed by atoms with Crippen molar-refractivity contribution in [3.8, 4) is 5.75 Å². The minimum absolute atomic E-state index is 0.0117. The number of phenols is 1. The van der Waals surface area contributed by atoms with Crippen LogP contribution in [0, 0.1) is 10.1 Å². The number of rotatable bonds is 5. The number of nitrogens with one attached hydrogen (secondary N) is 1. The normalized spacial score (nSPS) is 11.9. The van der Waals surface area contributed by atoms with Gasteiger partial charge >= 0.3 is 0 Å². The molecule has 2 aromatic heterocycles. The summed E-state index contributed by atoms with van der Waals surface area (Å²) in [7, 11) is 0. The number of non-ortho nitro benzene ring substituents is 1. The fourth-order valence-corrected chi connectivity index (χ4v) is 3.08. The fourth-order valence-electron chi connectivity index (χ4n) is 3.08. The second-order valence-corrected chi connectivity index (χ2v) is 6.21. The Bertz CT molecular complexity index is 1130. The number of phenolic OH excluding ortho intramolecular Hbond substituents is 1. The molecule has 0 amide bonds. The smallest absolute Gasteiger partial charge is 0.269 e. The van der Waals surface area contributed by atoms with Gasteiger partial charge in [-0.05, 0) is 30.3 Å². The Kier molecular flexibility index (Phi) is 4.55. The summed E-state index contributed by atoms with van der Waals surface area (Å²) in [5, 5.41) is 25.9. The number of nitro benzene ring substituents is 1. The lowest BCUT2D eigenvalue weighted by Gasteiger charge is -2.21. The van der Waals surface area contributed by atoms with Crippen molar-refractivity contribution in [1.82, 2.24) is 9.97 Å². The van der Waals surface area contributed by atoms with Crippen LogP contribution < -0.4 is 5.32 Å². The largest absolute Gasteiger partial charge is 0.505 e. The van der Waals surface area contributed by atoms with E-state index in [2.05, 4.69) is 15.3 Å². The number of aromatic nitrogens is 2. The van der Waals surface area contributed by atoms with Crippen molar-refractivity contribution in [1.29, 1.82) is 0 Å². The van der Waals surface area contributed by atoms with Gasteiger partial charge in [0.15, 0.2) is 0 Å². The molecule has 2 N–H and O–H groups in total. The van der Waals surface area contributed by atoms with Gasteiger partial charge in [0.05, 0.1) is 16.7 Å². The van der Waals surface area contributed by atoms with Gasteiger partial charge in [-0.2, -0.15) is 0 Å². The molecule has 0 fully saturated rings. The molecule has 0 aliphatic rings. The predicted octanol–water partition coefficient (Wildman–Crippen LogP) is 4.45. The fraction of sp³-hybridized carbons (Fsp3) is 0.0476. The van der Waals surface area contributed by atoms with E-state index < -0.39 is 11.0 Å². The molecule has 0 saturated heterocycles. The van der Waals surface area contributed by atoms with Crippen LogP contribution in [0.4, 0.5) is 11.4 Å². The first-order valence-corrected chi connectivity index (χ1v) is 8.62. The van der Waals surface area contributed by atoms with Crippen LogP contribution in [-0.4, -0.2) is 20.0 Å². The molecule has 0 bridgehead atoms. The Hall–Kier alpha value is -4.00. The zero-order valence-electron chi connectivity index (χ0n) is 14.7. The summed E-state index contributed by atoms with van der Waals surface area (Å²) in [5.74, 6) is 0.0724. The Morgan fingerprint density at radius 1 is 0.929 bits per heavy atom. The molecular weight excluding hydrogens is 356 g/mol. The molecule has 0 aliphatic carbocycles. The highest BCUT2D eigenvalue weighted by molar-refractivity contribution is 5.86. The van der Waals surface area contributed by atoms with Gasteiger partial charge in [-0.1, -0.05) is 24.3 Å². The zero-order valence-corrected chi connectivity index (χ0v) is 14.7. The SMILES string of the molecule is O=[N+]([O-])c1ccc(N[C@H](c2ccccn2)c2ccc3cccnc3c2O)cc1. The third-order valence-corrected chi connectivity index (χ3v) is 4.46. The summed E-state index contributed by atoms with van der Waals surface area (Å²) in [6, 6.07) is 18.6. The van der Waals surface area contributed by atoms with Gasteiger partial charge in [0, 0.05) is 41.2 Å². The number of pyridine rings is 2. The number of hydrogen-bond acceptors (Lipinski definition) is 6. The maximum atomic E-state index is 10.9. The summed E-state index contributed by atoms with van der Waals surface area (Å²) < 4.78 is 0. The van der Waals surface area contributed by atoms with Gasteiger partial charge < -0.3 is 10.4 Å². The number of nitrogens with zero attached hydrogens (tertiary/aromatic N) is 3. The lowest BCUT2D eigenvalue weighted by Crippen LogP contribution is -2.14. The molecule has 2 aromatic carbocycles. The van der Waals surface area contributed by atoms with Gasteiger partial charge in [0.2, 0.25) is 0 Å². The number of anilines is 1. The highest BCUT2D eigenvalue weighted by Gasteiger charge is 2.21. The van der Waals surface area contributed by atoms with E-state index in [0.717, 1.165) is 5.39 Å². The summed E-state index contributed by atoms with van der Waals surface area (Å²) in [6.07, 6.45) is 3.31. The minimum Gasteiger partial charge on any atom is -0.505 e. The number of nitro groups is 1. The molecule has 4 rings (SSSR count). The molecule has 7 heteroatoms. The third kappa shape index (κ3) is 3.33. The van der Waals surface area contributed by atoms with E-state index in [-0.39, 0.29) is 11.4 Å². The molecule has 1 atom stereocenters. The van der Waals surface area contributed by atoms with Crippen LogP contribution in [0.3, 0.4) is 0 Å². The van der Waals surface area contributed by atoms with Crippen molar-refractivity contribution in [3.05, 3.63) is 100 Å². The topological polar surface area (TPSA) is 101 Å². The highest BCUT2D eigenvalue weighted by Crippen LogP contribution is 2.35. The van der Waals surface area contributed by atoms with Crippen LogP contribution in [0.5, 0.6) is 5.75 Å². The van der Waals surface area contributed by atoms with E-state index >= 15 is 0 Å². The molecule has 2 heterocycles. The lowest BCUT2D eigenvalue weighted by atomic mass is 9.99. The van der Waals surface area contributed by atoms with E-state index in [4.69, 9.17) is 0 Å². The van der Waals surface area contributed by atoms with Crippen LogP contribution in [0.2, 0.25) is 0 Å². The summed E-state index contributed by atoms with van der Waals surface area (Å²) in [5.41, 5.74) is 2.50. The summed E-state index contributed by atoms with van der Waals surface area (Å²) in [6.45, 7) is 0. The summed E-state index contributed by atoms with van der Waals surface area (Å²) in [4.78, 5) is 19.1. The highest BCUT2D eigenvalue weighted by atomic mass is 16.6. The first-order valence-electron chi connectivity index (χ1n) is 8.62. The Morgan fingerprint density at radius 2 is 1.71 bits per heavy atom. The molecule has 0 radical (unpaired) electrons. The van der Waals surface area contributed by atoms with Gasteiger partial charge in [-0.25, -0.2) is 0 Å². The quantitative estimate of drug-likeness (QED) is 0.397. The van der Waals surface area contributed by atoms with Crippen molar-refractivity contribution < 1.29 is 10.0 Å². The zero-order chi connectivity index (χ0) is 19.5. The van der Waals surface area contributed by atoms with Crippen LogP contribution >= 0.6 is 0 Å². The van der Waals surface area contributed by atoms with E-state index in [9.17, 15) is 15.2 Å². The molecule has 0 spiro atoms. The maximum Gasteiger partial charge on any atom is 0.269 e. The van der Waals surface area contributed by atoms with Gasteiger partial charge in [-0.15, -0.1) is 0 Å². The standard InChI is InChI=1S/C21H16N4O3/c26-21-17(11-6-14-4-3-13-23-19(14)21)20(18-5-1-2-12-22-18)24-15-7-9-16(10-8-15)25(27)28/h1-13,20,24,26H/t20-/m0/s1. The molecule has 28 heavy (non-hydrogen) atoms. The van der Waals surface area contributed by atoms with Crippen molar-refractivity contribution in [2.24, 2.45) is 0 Å². The molecule has 0 unspecified atom stereocenters. The molecule has 7 nitrogen and oxygen atoms in total.